The monoisotopic (exact) mass is 705 g/mol. The number of nitrogens with one attached hydrogen (secondary N) is 4. The van der Waals surface area contributed by atoms with Crippen LogP contribution < -0.4 is 31.3 Å². The standard InChI is InChI=1S/C38H36FN7O4S/c1-23-16-30(34(40-19-23)45-21-38(22-45)10-14-50-15-11-38)35(47)43-27-5-2-24(3-6-27)37(49)46-13-9-25-17-32(36(48)44-28-8-12-41-42-20-28)51-33(25)29-7-4-26(39)18-31(29)46/h2-8,12,16-20,41-42H,9-11,13-15,21-22H2,1H3,(H,43,47)(H,44,48). The van der Waals surface area contributed by atoms with Crippen molar-refractivity contribution < 1.29 is 23.5 Å². The van der Waals surface area contributed by atoms with E-state index in [4.69, 9.17) is 4.74 Å². The van der Waals surface area contributed by atoms with Gasteiger partial charge in [-0.15, -0.1) is 11.3 Å². The lowest BCUT2D eigenvalue weighted by Crippen LogP contribution is -2.59. The topological polar surface area (TPSA) is 128 Å². The van der Waals surface area contributed by atoms with E-state index in [0.717, 1.165) is 55.1 Å². The van der Waals surface area contributed by atoms with Gasteiger partial charge in [0, 0.05) is 78.6 Å². The van der Waals surface area contributed by atoms with Gasteiger partial charge in [-0.3, -0.25) is 14.4 Å². The molecule has 0 bridgehead atoms. The lowest BCUT2D eigenvalue weighted by atomic mass is 9.73. The number of nitrogens with zero attached hydrogens (tertiary/aromatic N) is 3. The van der Waals surface area contributed by atoms with Crippen molar-refractivity contribution in [1.82, 2.24) is 21.2 Å². The maximum absolute atomic E-state index is 14.7. The summed E-state index contributed by atoms with van der Waals surface area (Å²) < 4.78 is 20.3. The van der Waals surface area contributed by atoms with E-state index < -0.39 is 5.82 Å². The first-order valence-electron chi connectivity index (χ1n) is 16.9. The van der Waals surface area contributed by atoms with Crippen molar-refractivity contribution in [2.24, 2.45) is 5.41 Å². The van der Waals surface area contributed by atoms with E-state index in [9.17, 15) is 18.8 Å². The molecule has 4 aromatic rings. The molecular formula is C38H36FN7O4S. The summed E-state index contributed by atoms with van der Waals surface area (Å²) in [5.41, 5.74) is 10.8. The Kier molecular flexibility index (Phi) is 8.52. The number of anilines is 3. The zero-order valence-corrected chi connectivity index (χ0v) is 28.7. The predicted molar refractivity (Wildman–Crippen MR) is 194 cm³/mol. The molecule has 0 atom stereocenters. The van der Waals surface area contributed by atoms with Crippen LogP contribution in [-0.4, -0.2) is 55.6 Å². The zero-order valence-electron chi connectivity index (χ0n) is 27.9. The minimum absolute atomic E-state index is 0.229. The zero-order chi connectivity index (χ0) is 35.1. The average molecular weight is 706 g/mol. The molecule has 0 unspecified atom stereocenters. The van der Waals surface area contributed by atoms with Gasteiger partial charge >= 0.3 is 0 Å². The Bertz CT molecular complexity index is 2100. The second-order valence-corrected chi connectivity index (χ2v) is 14.4. The Labute approximate surface area is 298 Å². The molecule has 0 radical (unpaired) electrons. The number of ether oxygens (including phenoxy) is 1. The molecule has 13 heteroatoms. The Morgan fingerprint density at radius 1 is 0.980 bits per heavy atom. The molecule has 1 spiro atoms. The van der Waals surface area contributed by atoms with Crippen molar-refractivity contribution in [2.75, 3.05) is 48.0 Å². The number of thiophene rings is 1. The normalized spacial score (nSPS) is 17.2. The number of pyridine rings is 1. The number of hydrazine groups is 1. The summed E-state index contributed by atoms with van der Waals surface area (Å²) in [6.45, 7) is 5.44. The number of benzene rings is 2. The van der Waals surface area contributed by atoms with Crippen LogP contribution in [0.3, 0.4) is 0 Å². The number of aromatic nitrogens is 1. The third-order valence-electron chi connectivity index (χ3n) is 9.84. The van der Waals surface area contributed by atoms with Gasteiger partial charge in [-0.2, -0.15) is 0 Å². The fraction of sp³-hybridized carbons (Fsp3) is 0.263. The summed E-state index contributed by atoms with van der Waals surface area (Å²) in [6, 6.07) is 14.8. The van der Waals surface area contributed by atoms with Crippen molar-refractivity contribution in [3.63, 3.8) is 0 Å². The van der Waals surface area contributed by atoms with E-state index in [-0.39, 0.29) is 29.7 Å². The van der Waals surface area contributed by atoms with Gasteiger partial charge in [-0.05, 0) is 98.0 Å². The fourth-order valence-corrected chi connectivity index (χ4v) is 8.26. The van der Waals surface area contributed by atoms with Gasteiger partial charge in [0.2, 0.25) is 0 Å². The van der Waals surface area contributed by atoms with Crippen LogP contribution in [0.25, 0.3) is 10.4 Å². The van der Waals surface area contributed by atoms with Gasteiger partial charge in [0.1, 0.15) is 11.6 Å². The summed E-state index contributed by atoms with van der Waals surface area (Å²) in [6.07, 6.45) is 9.35. The first-order chi connectivity index (χ1) is 24.7. The highest BCUT2D eigenvalue weighted by Crippen LogP contribution is 2.44. The first kappa shape index (κ1) is 32.7. The average Bonchev–Trinajstić information content (AvgIpc) is 3.50. The third-order valence-corrected chi connectivity index (χ3v) is 11.0. The van der Waals surface area contributed by atoms with E-state index in [1.807, 2.05) is 19.1 Å². The number of rotatable bonds is 6. The molecule has 4 aliphatic rings. The number of aryl methyl sites for hydroxylation is 1. The Hall–Kier alpha value is -5.53. The molecule has 51 heavy (non-hydrogen) atoms. The van der Waals surface area contributed by atoms with Crippen LogP contribution in [0, 0.1) is 18.2 Å². The number of hydrogen-bond acceptors (Lipinski definition) is 9. The smallest absolute Gasteiger partial charge is 0.265 e. The number of hydrogen-bond donors (Lipinski definition) is 4. The number of allylic oxidation sites excluding steroid dienone is 1. The summed E-state index contributed by atoms with van der Waals surface area (Å²) >= 11 is 1.31. The third kappa shape index (κ3) is 6.46. The summed E-state index contributed by atoms with van der Waals surface area (Å²) in [5, 5.41) is 5.86. The van der Waals surface area contributed by atoms with Crippen LogP contribution in [0.2, 0.25) is 0 Å². The van der Waals surface area contributed by atoms with Gasteiger partial charge in [0.15, 0.2) is 0 Å². The molecule has 4 N–H and O–H groups in total. The Balaban J connectivity index is 0.984. The van der Waals surface area contributed by atoms with E-state index in [1.165, 1.54) is 23.5 Å². The lowest BCUT2D eigenvalue weighted by molar-refractivity contribution is -0.000511. The second-order valence-electron chi connectivity index (χ2n) is 13.4. The number of carbonyl (C=O) groups excluding carboxylic acids is 3. The Morgan fingerprint density at radius 3 is 2.55 bits per heavy atom. The van der Waals surface area contributed by atoms with Crippen molar-refractivity contribution in [2.45, 2.75) is 26.2 Å². The van der Waals surface area contributed by atoms with Gasteiger partial charge in [-0.25, -0.2) is 9.37 Å². The SMILES string of the molecule is Cc1cnc(N2CC3(CCOCC3)C2)c(C(=O)Nc2ccc(C(=O)N3CCc4cc(C(=O)NC5=CNNC=C5)sc4-c4ccc(F)cc43)cc2)c1. The van der Waals surface area contributed by atoms with Gasteiger partial charge < -0.3 is 36.0 Å². The van der Waals surface area contributed by atoms with Gasteiger partial charge in [0.05, 0.1) is 21.8 Å². The molecule has 2 aromatic carbocycles. The molecule has 2 saturated heterocycles. The molecule has 6 heterocycles. The van der Waals surface area contributed by atoms with Crippen molar-refractivity contribution in [3.8, 4) is 10.4 Å². The number of halogens is 1. The van der Waals surface area contributed by atoms with E-state index in [2.05, 4.69) is 31.4 Å². The quantitative estimate of drug-likeness (QED) is 0.207. The molecule has 4 aliphatic heterocycles. The summed E-state index contributed by atoms with van der Waals surface area (Å²) in [5.74, 6) is -0.620. The van der Waals surface area contributed by atoms with Crippen LogP contribution >= 0.6 is 11.3 Å². The molecular weight excluding hydrogens is 670 g/mol. The van der Waals surface area contributed by atoms with Crippen LogP contribution in [0.1, 0.15) is 54.4 Å². The summed E-state index contributed by atoms with van der Waals surface area (Å²) in [7, 11) is 0. The second kappa shape index (κ2) is 13.3. The van der Waals surface area contributed by atoms with Gasteiger partial charge in [0.25, 0.3) is 17.7 Å². The van der Waals surface area contributed by atoms with Crippen molar-refractivity contribution >= 4 is 46.3 Å². The minimum atomic E-state index is -0.467. The minimum Gasteiger partial charge on any atom is -0.381 e. The molecule has 3 amide bonds. The molecule has 2 fully saturated rings. The molecule has 0 saturated carbocycles. The largest absolute Gasteiger partial charge is 0.381 e. The first-order valence-corrected chi connectivity index (χ1v) is 17.7. The van der Waals surface area contributed by atoms with Crippen LogP contribution in [-0.2, 0) is 11.2 Å². The van der Waals surface area contributed by atoms with Crippen molar-refractivity contribution in [3.05, 3.63) is 118 Å². The van der Waals surface area contributed by atoms with Crippen molar-refractivity contribution in [1.29, 1.82) is 0 Å². The highest BCUT2D eigenvalue weighted by molar-refractivity contribution is 7.17. The maximum atomic E-state index is 14.7. The van der Waals surface area contributed by atoms with E-state index in [1.54, 1.807) is 59.9 Å². The van der Waals surface area contributed by atoms with Crippen LogP contribution in [0.5, 0.6) is 0 Å². The van der Waals surface area contributed by atoms with E-state index in [0.29, 0.717) is 50.9 Å². The molecule has 2 aromatic heterocycles. The number of fused-ring (bicyclic) bond motifs is 3. The molecule has 0 aliphatic carbocycles. The number of amides is 3. The van der Waals surface area contributed by atoms with Gasteiger partial charge in [-0.1, -0.05) is 0 Å². The molecule has 260 valence electrons. The van der Waals surface area contributed by atoms with Crippen LogP contribution in [0.15, 0.2) is 85.0 Å². The predicted octanol–water partition coefficient (Wildman–Crippen LogP) is 5.52. The maximum Gasteiger partial charge on any atom is 0.265 e. The molecule has 8 rings (SSSR count). The lowest BCUT2D eigenvalue weighted by Gasteiger charge is -2.53. The molecule has 11 nitrogen and oxygen atoms in total. The number of carbonyl (C=O) groups is 3. The highest BCUT2D eigenvalue weighted by Gasteiger charge is 2.45. The van der Waals surface area contributed by atoms with E-state index >= 15 is 0 Å². The summed E-state index contributed by atoms with van der Waals surface area (Å²) in [4.78, 5) is 50.4. The Morgan fingerprint density at radius 2 is 1.78 bits per heavy atom. The van der Waals surface area contributed by atoms with Crippen LogP contribution in [0.4, 0.5) is 21.6 Å². The fourth-order valence-electron chi connectivity index (χ4n) is 7.12. The highest BCUT2D eigenvalue weighted by atomic mass is 32.1.